The number of fused-ring (bicyclic) bond motifs is 1. The highest BCUT2D eigenvalue weighted by atomic mass is 16.1. The van der Waals surface area contributed by atoms with Gasteiger partial charge in [-0.15, -0.1) is 0 Å². The molecule has 0 saturated carbocycles. The lowest BCUT2D eigenvalue weighted by atomic mass is 10.2. The van der Waals surface area contributed by atoms with Gasteiger partial charge in [0.1, 0.15) is 0 Å². The minimum Gasteiger partial charge on any atom is -0.267 e. The Morgan fingerprint density at radius 3 is 2.69 bits per heavy atom. The fraction of sp³-hybridized carbons (Fsp3) is 0.250. The summed E-state index contributed by atoms with van der Waals surface area (Å²) in [5.41, 5.74) is 0.617. The highest BCUT2D eigenvalue weighted by Gasteiger charge is 2.03. The Hall–Kier alpha value is -1.78. The Kier molecular flexibility index (Phi) is 1.77. The second kappa shape index (κ2) is 2.93. The summed E-state index contributed by atoms with van der Waals surface area (Å²) in [7, 11) is 0. The maximum atomic E-state index is 11.3. The van der Waals surface area contributed by atoms with E-state index in [0.29, 0.717) is 5.39 Å². The van der Waals surface area contributed by atoms with E-state index in [1.807, 2.05) is 6.92 Å². The maximum absolute atomic E-state index is 11.3. The summed E-state index contributed by atoms with van der Waals surface area (Å²) in [5.74, 6) is 0. The molecular weight excluding hydrogens is 168 g/mol. The molecule has 13 heavy (non-hydrogen) atoms. The highest BCUT2D eigenvalue weighted by Crippen LogP contribution is 2.09. The lowest BCUT2D eigenvalue weighted by Crippen LogP contribution is -2.11. The van der Waals surface area contributed by atoms with E-state index in [4.69, 9.17) is 0 Å². The van der Waals surface area contributed by atoms with Gasteiger partial charge in [0.2, 0.25) is 0 Å². The number of hydrogen-bond acceptors (Lipinski definition) is 4. The molecule has 0 spiro atoms. The van der Waals surface area contributed by atoms with Crippen molar-refractivity contribution in [3.05, 3.63) is 28.4 Å². The topological polar surface area (TPSA) is 71.5 Å². The molecule has 0 bridgehead atoms. The van der Waals surface area contributed by atoms with Gasteiger partial charge in [0.25, 0.3) is 5.56 Å². The summed E-state index contributed by atoms with van der Waals surface area (Å²) in [4.78, 5) is 11.3. The Morgan fingerprint density at radius 1 is 1.31 bits per heavy atom. The first-order valence-corrected chi connectivity index (χ1v) is 4.01. The molecule has 0 radical (unpaired) electrons. The van der Waals surface area contributed by atoms with Crippen LogP contribution in [-0.4, -0.2) is 20.4 Å². The van der Waals surface area contributed by atoms with Gasteiger partial charge in [-0.1, -0.05) is 6.92 Å². The molecule has 0 amide bonds. The third-order valence-corrected chi connectivity index (χ3v) is 1.91. The second-order valence-corrected chi connectivity index (χ2v) is 2.67. The van der Waals surface area contributed by atoms with Gasteiger partial charge in [-0.2, -0.15) is 15.3 Å². The van der Waals surface area contributed by atoms with E-state index in [-0.39, 0.29) is 5.56 Å². The molecule has 0 fully saturated rings. The first-order chi connectivity index (χ1) is 6.33. The number of rotatable bonds is 1. The predicted octanol–water partition coefficient (Wildman–Crippen LogP) is 0.275. The van der Waals surface area contributed by atoms with E-state index in [2.05, 4.69) is 20.4 Å². The summed E-state index contributed by atoms with van der Waals surface area (Å²) in [6.45, 7) is 1.97. The molecule has 5 heteroatoms. The average Bonchev–Trinajstić information content (AvgIpc) is 2.19. The zero-order chi connectivity index (χ0) is 9.26. The number of aromatic nitrogens is 4. The standard InChI is InChI=1S/C8H8N4O/c1-2-7-5-3-9-10-4-6(5)8(13)12-11-7/h3-4H,2H2,1H3,(H,12,13). The van der Waals surface area contributed by atoms with Crippen LogP contribution in [0, 0.1) is 0 Å². The van der Waals surface area contributed by atoms with Crippen molar-refractivity contribution >= 4 is 10.8 Å². The van der Waals surface area contributed by atoms with E-state index in [0.717, 1.165) is 17.5 Å². The molecular formula is C8H8N4O. The van der Waals surface area contributed by atoms with Crippen molar-refractivity contribution in [1.29, 1.82) is 0 Å². The third kappa shape index (κ3) is 1.18. The van der Waals surface area contributed by atoms with Gasteiger partial charge in [0.15, 0.2) is 0 Å². The van der Waals surface area contributed by atoms with Crippen LogP contribution in [0.2, 0.25) is 0 Å². The molecule has 0 unspecified atom stereocenters. The Morgan fingerprint density at radius 2 is 2.00 bits per heavy atom. The van der Waals surface area contributed by atoms with E-state index in [1.165, 1.54) is 6.20 Å². The number of hydrogen-bond donors (Lipinski definition) is 1. The second-order valence-electron chi connectivity index (χ2n) is 2.67. The van der Waals surface area contributed by atoms with Crippen LogP contribution in [0.4, 0.5) is 0 Å². The molecule has 2 rings (SSSR count). The Bertz CT molecular complexity index is 491. The molecule has 2 heterocycles. The zero-order valence-electron chi connectivity index (χ0n) is 7.11. The van der Waals surface area contributed by atoms with Crippen molar-refractivity contribution < 1.29 is 0 Å². The van der Waals surface area contributed by atoms with Gasteiger partial charge in [0.05, 0.1) is 23.5 Å². The largest absolute Gasteiger partial charge is 0.273 e. The number of aryl methyl sites for hydroxylation is 1. The van der Waals surface area contributed by atoms with Gasteiger partial charge in [0, 0.05) is 5.39 Å². The normalized spacial score (nSPS) is 10.5. The first-order valence-electron chi connectivity index (χ1n) is 4.01. The number of nitrogens with zero attached hydrogens (tertiary/aromatic N) is 3. The molecule has 0 aliphatic rings. The minimum absolute atomic E-state index is 0.220. The van der Waals surface area contributed by atoms with E-state index in [1.54, 1.807) is 6.20 Å². The maximum Gasteiger partial charge on any atom is 0.273 e. The zero-order valence-corrected chi connectivity index (χ0v) is 7.11. The number of H-pyrrole nitrogens is 1. The van der Waals surface area contributed by atoms with Gasteiger partial charge < -0.3 is 0 Å². The highest BCUT2D eigenvalue weighted by molar-refractivity contribution is 5.81. The lowest BCUT2D eigenvalue weighted by Gasteiger charge is -1.99. The number of nitrogens with one attached hydrogen (secondary N) is 1. The summed E-state index contributed by atoms with van der Waals surface area (Å²) in [6, 6.07) is 0. The molecule has 0 aliphatic carbocycles. The third-order valence-electron chi connectivity index (χ3n) is 1.91. The van der Waals surface area contributed by atoms with Crippen molar-refractivity contribution in [2.75, 3.05) is 0 Å². The molecule has 0 saturated heterocycles. The van der Waals surface area contributed by atoms with Crippen LogP contribution in [-0.2, 0) is 6.42 Å². The van der Waals surface area contributed by atoms with Crippen molar-refractivity contribution in [2.45, 2.75) is 13.3 Å². The fourth-order valence-corrected chi connectivity index (χ4v) is 1.24. The Balaban J connectivity index is 2.93. The predicted molar refractivity (Wildman–Crippen MR) is 47.3 cm³/mol. The average molecular weight is 176 g/mol. The Labute approximate surface area is 73.8 Å². The smallest absolute Gasteiger partial charge is 0.267 e. The van der Waals surface area contributed by atoms with Crippen molar-refractivity contribution in [3.8, 4) is 0 Å². The van der Waals surface area contributed by atoms with Crippen LogP contribution in [0.25, 0.3) is 10.8 Å². The molecule has 5 nitrogen and oxygen atoms in total. The quantitative estimate of drug-likeness (QED) is 0.677. The van der Waals surface area contributed by atoms with Crippen molar-refractivity contribution in [3.63, 3.8) is 0 Å². The van der Waals surface area contributed by atoms with Crippen LogP contribution < -0.4 is 5.56 Å². The van der Waals surface area contributed by atoms with Crippen LogP contribution in [0.5, 0.6) is 0 Å². The van der Waals surface area contributed by atoms with E-state index < -0.39 is 0 Å². The van der Waals surface area contributed by atoms with Gasteiger partial charge in [-0.05, 0) is 6.42 Å². The van der Waals surface area contributed by atoms with Crippen molar-refractivity contribution in [2.24, 2.45) is 0 Å². The molecule has 1 N–H and O–H groups in total. The summed E-state index contributed by atoms with van der Waals surface area (Å²) >= 11 is 0. The molecule has 2 aromatic rings. The fourth-order valence-electron chi connectivity index (χ4n) is 1.24. The van der Waals surface area contributed by atoms with Gasteiger partial charge in [-0.3, -0.25) is 4.79 Å². The molecule has 66 valence electrons. The lowest BCUT2D eigenvalue weighted by molar-refractivity contribution is 0.910. The molecule has 0 aromatic carbocycles. The molecule has 0 atom stereocenters. The first kappa shape index (κ1) is 7.85. The van der Waals surface area contributed by atoms with Crippen molar-refractivity contribution in [1.82, 2.24) is 20.4 Å². The summed E-state index contributed by atoms with van der Waals surface area (Å²) < 4.78 is 0. The monoisotopic (exact) mass is 176 g/mol. The van der Waals surface area contributed by atoms with Crippen LogP contribution in [0.15, 0.2) is 17.2 Å². The van der Waals surface area contributed by atoms with E-state index >= 15 is 0 Å². The van der Waals surface area contributed by atoms with Gasteiger partial charge >= 0.3 is 0 Å². The van der Waals surface area contributed by atoms with E-state index in [9.17, 15) is 4.79 Å². The molecule has 0 aliphatic heterocycles. The summed E-state index contributed by atoms with van der Waals surface area (Å²) in [5, 5.41) is 15.0. The molecule has 2 aromatic heterocycles. The van der Waals surface area contributed by atoms with Gasteiger partial charge in [-0.25, -0.2) is 5.10 Å². The van der Waals surface area contributed by atoms with Crippen LogP contribution in [0.1, 0.15) is 12.6 Å². The minimum atomic E-state index is -0.220. The van der Waals surface area contributed by atoms with Crippen LogP contribution in [0.3, 0.4) is 0 Å². The van der Waals surface area contributed by atoms with Crippen LogP contribution >= 0.6 is 0 Å². The SMILES string of the molecule is CCc1n[nH]c(=O)c2cnncc12. The summed E-state index contributed by atoms with van der Waals surface area (Å²) in [6.07, 6.45) is 3.78. The number of aromatic amines is 1.